The summed E-state index contributed by atoms with van der Waals surface area (Å²) in [4.78, 5) is 21.5. The summed E-state index contributed by atoms with van der Waals surface area (Å²) >= 11 is 0. The van der Waals surface area contributed by atoms with Crippen molar-refractivity contribution in [3.8, 4) is 0 Å². The van der Waals surface area contributed by atoms with E-state index in [2.05, 4.69) is 6.92 Å². The maximum absolute atomic E-state index is 11.5. The van der Waals surface area contributed by atoms with Gasteiger partial charge in [-0.1, -0.05) is 32.6 Å². The molecule has 0 aromatic carbocycles. The smallest absolute Gasteiger partial charge is 0.285 e. The van der Waals surface area contributed by atoms with Crippen molar-refractivity contribution in [1.82, 2.24) is 4.57 Å². The van der Waals surface area contributed by atoms with Gasteiger partial charge in [-0.25, -0.2) is 0 Å². The van der Waals surface area contributed by atoms with E-state index in [1.54, 1.807) is 0 Å². The van der Waals surface area contributed by atoms with Gasteiger partial charge in [0.1, 0.15) is 0 Å². The first-order chi connectivity index (χ1) is 8.15. The summed E-state index contributed by atoms with van der Waals surface area (Å²) in [6.45, 7) is 2.70. The molecule has 17 heavy (non-hydrogen) atoms. The molecule has 0 aliphatic carbocycles. The molecule has 0 unspecified atom stereocenters. The number of nitro groups is 1. The number of hydrogen-bond donors (Lipinski definition) is 0. The minimum atomic E-state index is -0.479. The fourth-order valence-electron chi connectivity index (χ4n) is 1.69. The molecule has 0 spiro atoms. The second kappa shape index (κ2) is 6.83. The zero-order valence-electron chi connectivity index (χ0n) is 10.1. The highest BCUT2D eigenvalue weighted by molar-refractivity contribution is 5.24. The van der Waals surface area contributed by atoms with Crippen LogP contribution in [0.1, 0.15) is 39.0 Å². The lowest BCUT2D eigenvalue weighted by molar-refractivity contribution is -0.385. The summed E-state index contributed by atoms with van der Waals surface area (Å²) in [6, 6.07) is 2.50. The van der Waals surface area contributed by atoms with Gasteiger partial charge in [-0.15, -0.1) is 0 Å². The number of aromatic nitrogens is 1. The van der Waals surface area contributed by atoms with Crippen LogP contribution >= 0.6 is 0 Å². The van der Waals surface area contributed by atoms with Gasteiger partial charge in [-0.2, -0.15) is 0 Å². The zero-order valence-corrected chi connectivity index (χ0v) is 10.1. The van der Waals surface area contributed by atoms with E-state index in [9.17, 15) is 14.9 Å². The predicted octanol–water partition coefficient (Wildman–Crippen LogP) is 2.73. The highest BCUT2D eigenvalue weighted by Gasteiger charge is 2.07. The van der Waals surface area contributed by atoms with Crippen LogP contribution in [-0.2, 0) is 6.54 Å². The fourth-order valence-corrected chi connectivity index (χ4v) is 1.69. The molecule has 1 rings (SSSR count). The Hall–Kier alpha value is -1.65. The molecule has 0 aliphatic heterocycles. The Kier molecular flexibility index (Phi) is 5.39. The van der Waals surface area contributed by atoms with Crippen molar-refractivity contribution in [3.63, 3.8) is 0 Å². The second-order valence-electron chi connectivity index (χ2n) is 4.09. The van der Waals surface area contributed by atoms with Crippen LogP contribution in [0.2, 0.25) is 0 Å². The van der Waals surface area contributed by atoms with Gasteiger partial charge in [0.25, 0.3) is 11.2 Å². The average molecular weight is 238 g/mol. The average Bonchev–Trinajstić information content (AvgIpc) is 2.30. The third-order valence-electron chi connectivity index (χ3n) is 2.68. The van der Waals surface area contributed by atoms with Crippen LogP contribution in [-0.4, -0.2) is 9.49 Å². The monoisotopic (exact) mass is 238 g/mol. The Balaban J connectivity index is 2.55. The Labute approximate surface area is 100 Å². The third kappa shape index (κ3) is 4.38. The molecule has 0 N–H and O–H groups in total. The normalized spacial score (nSPS) is 10.4. The molecule has 0 aliphatic rings. The summed E-state index contributed by atoms with van der Waals surface area (Å²) in [7, 11) is 0. The summed E-state index contributed by atoms with van der Waals surface area (Å²) in [6.07, 6.45) is 6.80. The number of rotatable bonds is 7. The van der Waals surface area contributed by atoms with Gasteiger partial charge in [0, 0.05) is 18.7 Å². The van der Waals surface area contributed by atoms with Crippen LogP contribution in [0.4, 0.5) is 5.69 Å². The van der Waals surface area contributed by atoms with Crippen molar-refractivity contribution in [2.24, 2.45) is 0 Å². The molecule has 1 aromatic rings. The van der Waals surface area contributed by atoms with Crippen LogP contribution in [0, 0.1) is 10.1 Å². The highest BCUT2D eigenvalue weighted by Crippen LogP contribution is 2.08. The van der Waals surface area contributed by atoms with Crippen LogP contribution in [0.5, 0.6) is 0 Å². The van der Waals surface area contributed by atoms with E-state index in [1.807, 2.05) is 0 Å². The number of aryl methyl sites for hydroxylation is 1. The summed E-state index contributed by atoms with van der Waals surface area (Å²) in [5.41, 5.74) is -0.204. The van der Waals surface area contributed by atoms with Crippen molar-refractivity contribution < 1.29 is 4.92 Å². The molecule has 94 valence electrons. The van der Waals surface area contributed by atoms with Crippen LogP contribution in [0.25, 0.3) is 0 Å². The first-order valence-electron chi connectivity index (χ1n) is 6.00. The van der Waals surface area contributed by atoms with Crippen molar-refractivity contribution >= 4 is 5.69 Å². The van der Waals surface area contributed by atoms with Crippen molar-refractivity contribution in [2.75, 3.05) is 0 Å². The molecule has 1 aromatic heterocycles. The molecule has 0 saturated heterocycles. The molecule has 0 radical (unpaired) electrons. The van der Waals surface area contributed by atoms with E-state index in [0.29, 0.717) is 6.54 Å². The van der Waals surface area contributed by atoms with Gasteiger partial charge >= 0.3 is 0 Å². The minimum Gasteiger partial charge on any atom is -0.309 e. The van der Waals surface area contributed by atoms with Crippen molar-refractivity contribution in [2.45, 2.75) is 45.6 Å². The number of unbranched alkanes of at least 4 members (excludes halogenated alkanes) is 4. The lowest BCUT2D eigenvalue weighted by atomic mass is 10.1. The third-order valence-corrected chi connectivity index (χ3v) is 2.68. The minimum absolute atomic E-state index is 0.0295. The first-order valence-corrected chi connectivity index (χ1v) is 6.00. The fraction of sp³-hybridized carbons (Fsp3) is 0.583. The zero-order chi connectivity index (χ0) is 12.7. The summed E-state index contributed by atoms with van der Waals surface area (Å²) in [5, 5.41) is 10.6. The number of pyridine rings is 1. The van der Waals surface area contributed by atoms with Crippen LogP contribution < -0.4 is 5.56 Å². The lowest BCUT2D eigenvalue weighted by Gasteiger charge is -2.04. The van der Waals surface area contributed by atoms with Gasteiger partial charge in [-0.3, -0.25) is 14.9 Å². The number of nitrogens with zero attached hydrogens (tertiary/aromatic N) is 2. The molecular weight excluding hydrogens is 220 g/mol. The van der Waals surface area contributed by atoms with Gasteiger partial charge in [0.05, 0.1) is 11.1 Å². The van der Waals surface area contributed by atoms with Gasteiger partial charge in [0.15, 0.2) is 0 Å². The highest BCUT2D eigenvalue weighted by atomic mass is 16.6. The molecule has 0 saturated carbocycles. The van der Waals surface area contributed by atoms with Crippen LogP contribution in [0.3, 0.4) is 0 Å². The molecule has 5 nitrogen and oxygen atoms in total. The van der Waals surface area contributed by atoms with E-state index in [0.717, 1.165) is 19.3 Å². The maximum Gasteiger partial charge on any atom is 0.285 e. The largest absolute Gasteiger partial charge is 0.309 e. The quantitative estimate of drug-likeness (QED) is 0.416. The maximum atomic E-state index is 11.5. The first kappa shape index (κ1) is 13.4. The van der Waals surface area contributed by atoms with E-state index in [4.69, 9.17) is 0 Å². The van der Waals surface area contributed by atoms with Gasteiger partial charge in [-0.05, 0) is 6.42 Å². The predicted molar refractivity (Wildman–Crippen MR) is 66.1 cm³/mol. The SMILES string of the molecule is CCCCCCCn1cc([N+](=O)[O-])ccc1=O. The lowest BCUT2D eigenvalue weighted by Crippen LogP contribution is -2.18. The van der Waals surface area contributed by atoms with E-state index in [-0.39, 0.29) is 11.2 Å². The molecule has 0 fully saturated rings. The molecule has 1 heterocycles. The van der Waals surface area contributed by atoms with E-state index < -0.39 is 4.92 Å². The van der Waals surface area contributed by atoms with E-state index in [1.165, 1.54) is 35.7 Å². The number of hydrogen-bond acceptors (Lipinski definition) is 3. The second-order valence-corrected chi connectivity index (χ2v) is 4.09. The molecule has 5 heteroatoms. The summed E-state index contributed by atoms with van der Waals surface area (Å²) < 4.78 is 1.42. The molecule has 0 atom stereocenters. The van der Waals surface area contributed by atoms with Crippen molar-refractivity contribution in [1.29, 1.82) is 0 Å². The molecular formula is C12H18N2O3. The van der Waals surface area contributed by atoms with Crippen molar-refractivity contribution in [3.05, 3.63) is 38.8 Å². The standard InChI is InChI=1S/C12H18N2O3/c1-2-3-4-5-6-9-13-10-11(14(16)17)7-8-12(13)15/h7-8,10H,2-6,9H2,1H3. The molecule has 0 amide bonds. The molecule has 0 bridgehead atoms. The van der Waals surface area contributed by atoms with Crippen LogP contribution in [0.15, 0.2) is 23.1 Å². The Morgan fingerprint density at radius 1 is 1.24 bits per heavy atom. The van der Waals surface area contributed by atoms with Gasteiger partial charge < -0.3 is 4.57 Å². The van der Waals surface area contributed by atoms with E-state index >= 15 is 0 Å². The van der Waals surface area contributed by atoms with Gasteiger partial charge in [0.2, 0.25) is 0 Å². The Morgan fingerprint density at radius 3 is 2.59 bits per heavy atom. The topological polar surface area (TPSA) is 65.1 Å². The Bertz CT molecular complexity index is 426. The Morgan fingerprint density at radius 2 is 1.94 bits per heavy atom. The summed E-state index contributed by atoms with van der Waals surface area (Å²) in [5.74, 6) is 0.